The normalized spacial score (nSPS) is 12.5. The third kappa shape index (κ3) is 1.61. The van der Waals surface area contributed by atoms with Gasteiger partial charge in [-0.15, -0.1) is 12.4 Å². The summed E-state index contributed by atoms with van der Waals surface area (Å²) in [6.07, 6.45) is 1.87. The minimum Gasteiger partial charge on any atom is -0.324 e. The highest BCUT2D eigenvalue weighted by molar-refractivity contribution is 5.85. The van der Waals surface area contributed by atoms with Crippen molar-refractivity contribution in [2.45, 2.75) is 13.0 Å². The van der Waals surface area contributed by atoms with Gasteiger partial charge in [-0.3, -0.25) is 4.68 Å². The van der Waals surface area contributed by atoms with Crippen LogP contribution in [0.2, 0.25) is 0 Å². The monoisotopic (exact) mass is 211 g/mol. The number of hydrogen-bond acceptors (Lipinski definition) is 2. The van der Waals surface area contributed by atoms with Crippen LogP contribution >= 0.6 is 12.4 Å². The Balaban J connectivity index is 0.000000980. The lowest BCUT2D eigenvalue weighted by Gasteiger charge is -2.06. The first-order valence-electron chi connectivity index (χ1n) is 4.36. The molecule has 1 aromatic carbocycles. The summed E-state index contributed by atoms with van der Waals surface area (Å²) in [5, 5.41) is 5.35. The molecule has 0 aliphatic rings. The molecule has 0 saturated heterocycles. The van der Waals surface area contributed by atoms with Gasteiger partial charge in [0.2, 0.25) is 0 Å². The molecular formula is C10H14ClN3. The average Bonchev–Trinajstić information content (AvgIpc) is 2.48. The Labute approximate surface area is 89.3 Å². The van der Waals surface area contributed by atoms with Crippen LogP contribution in [0.25, 0.3) is 10.9 Å². The summed E-state index contributed by atoms with van der Waals surface area (Å²) < 4.78 is 1.86. The number of benzene rings is 1. The number of rotatable bonds is 1. The molecule has 3 nitrogen and oxygen atoms in total. The Morgan fingerprint density at radius 3 is 2.79 bits per heavy atom. The number of nitrogens with two attached hydrogens (primary N) is 1. The van der Waals surface area contributed by atoms with Crippen LogP contribution in [0.5, 0.6) is 0 Å². The smallest absolute Gasteiger partial charge is 0.0682 e. The second-order valence-corrected chi connectivity index (χ2v) is 3.34. The SMILES string of the molecule is C[C@H](N)c1cccc2c1cnn2C.Cl. The van der Waals surface area contributed by atoms with E-state index >= 15 is 0 Å². The van der Waals surface area contributed by atoms with Crippen molar-refractivity contribution >= 4 is 23.3 Å². The average molecular weight is 212 g/mol. The first kappa shape index (κ1) is 11.0. The fraction of sp³-hybridized carbons (Fsp3) is 0.300. The van der Waals surface area contributed by atoms with Crippen LogP contribution in [0, 0.1) is 0 Å². The molecule has 0 aliphatic carbocycles. The fourth-order valence-corrected chi connectivity index (χ4v) is 1.60. The zero-order valence-corrected chi connectivity index (χ0v) is 9.08. The van der Waals surface area contributed by atoms with E-state index in [-0.39, 0.29) is 18.4 Å². The first-order valence-corrected chi connectivity index (χ1v) is 4.36. The molecule has 0 amide bonds. The highest BCUT2D eigenvalue weighted by Gasteiger charge is 2.07. The zero-order chi connectivity index (χ0) is 9.42. The van der Waals surface area contributed by atoms with Gasteiger partial charge in [0.15, 0.2) is 0 Å². The molecular weight excluding hydrogens is 198 g/mol. The summed E-state index contributed by atoms with van der Waals surface area (Å²) in [7, 11) is 1.94. The van der Waals surface area contributed by atoms with Gasteiger partial charge in [-0.05, 0) is 18.6 Å². The lowest BCUT2D eigenvalue weighted by atomic mass is 10.1. The van der Waals surface area contributed by atoms with Crippen molar-refractivity contribution in [3.63, 3.8) is 0 Å². The molecule has 2 rings (SSSR count). The van der Waals surface area contributed by atoms with Crippen LogP contribution in [0.4, 0.5) is 0 Å². The largest absolute Gasteiger partial charge is 0.324 e. The molecule has 1 aromatic heterocycles. The van der Waals surface area contributed by atoms with E-state index in [0.29, 0.717) is 0 Å². The summed E-state index contributed by atoms with van der Waals surface area (Å²) >= 11 is 0. The molecule has 0 unspecified atom stereocenters. The number of aromatic nitrogens is 2. The van der Waals surface area contributed by atoms with Crippen molar-refractivity contribution in [3.8, 4) is 0 Å². The van der Waals surface area contributed by atoms with Crippen LogP contribution in [-0.2, 0) is 7.05 Å². The van der Waals surface area contributed by atoms with Crippen LogP contribution in [-0.4, -0.2) is 9.78 Å². The maximum Gasteiger partial charge on any atom is 0.0682 e. The Morgan fingerprint density at radius 2 is 2.14 bits per heavy atom. The number of hydrogen-bond donors (Lipinski definition) is 1. The van der Waals surface area contributed by atoms with Crippen molar-refractivity contribution in [1.29, 1.82) is 0 Å². The van der Waals surface area contributed by atoms with Crippen LogP contribution in [0.15, 0.2) is 24.4 Å². The summed E-state index contributed by atoms with van der Waals surface area (Å²) in [6.45, 7) is 1.99. The van der Waals surface area contributed by atoms with E-state index in [0.717, 1.165) is 16.5 Å². The maximum absolute atomic E-state index is 5.85. The predicted octanol–water partition coefficient (Wildman–Crippen LogP) is 2.01. The van der Waals surface area contributed by atoms with Crippen molar-refractivity contribution in [1.82, 2.24) is 9.78 Å². The van der Waals surface area contributed by atoms with Gasteiger partial charge < -0.3 is 5.73 Å². The number of fused-ring (bicyclic) bond motifs is 1. The molecule has 0 aliphatic heterocycles. The molecule has 2 aromatic rings. The molecule has 76 valence electrons. The van der Waals surface area contributed by atoms with Crippen LogP contribution < -0.4 is 5.73 Å². The third-order valence-corrected chi connectivity index (χ3v) is 2.32. The van der Waals surface area contributed by atoms with Crippen molar-refractivity contribution in [2.75, 3.05) is 0 Å². The van der Waals surface area contributed by atoms with E-state index in [2.05, 4.69) is 11.2 Å². The lowest BCUT2D eigenvalue weighted by molar-refractivity contribution is 0.796. The Kier molecular flexibility index (Phi) is 3.13. The van der Waals surface area contributed by atoms with E-state index in [1.807, 2.05) is 37.0 Å². The highest BCUT2D eigenvalue weighted by Crippen LogP contribution is 2.21. The lowest BCUT2D eigenvalue weighted by Crippen LogP contribution is -2.05. The van der Waals surface area contributed by atoms with E-state index in [1.54, 1.807) is 0 Å². The number of aryl methyl sites for hydroxylation is 1. The number of nitrogens with zero attached hydrogens (tertiary/aromatic N) is 2. The van der Waals surface area contributed by atoms with E-state index in [1.165, 1.54) is 0 Å². The quantitative estimate of drug-likeness (QED) is 0.785. The Bertz CT molecular complexity index is 434. The van der Waals surface area contributed by atoms with Crippen molar-refractivity contribution < 1.29 is 0 Å². The summed E-state index contributed by atoms with van der Waals surface area (Å²) in [4.78, 5) is 0. The van der Waals surface area contributed by atoms with Gasteiger partial charge >= 0.3 is 0 Å². The van der Waals surface area contributed by atoms with Gasteiger partial charge in [0, 0.05) is 18.5 Å². The van der Waals surface area contributed by atoms with Gasteiger partial charge in [0.1, 0.15) is 0 Å². The molecule has 1 heterocycles. The van der Waals surface area contributed by atoms with Crippen molar-refractivity contribution in [3.05, 3.63) is 30.0 Å². The highest BCUT2D eigenvalue weighted by atomic mass is 35.5. The minimum absolute atomic E-state index is 0. The Hall–Kier alpha value is -1.06. The molecule has 0 saturated carbocycles. The summed E-state index contributed by atoms with van der Waals surface area (Å²) in [6, 6.07) is 6.18. The molecule has 14 heavy (non-hydrogen) atoms. The van der Waals surface area contributed by atoms with Crippen molar-refractivity contribution in [2.24, 2.45) is 12.8 Å². The van der Waals surface area contributed by atoms with E-state index in [9.17, 15) is 0 Å². The fourth-order valence-electron chi connectivity index (χ4n) is 1.60. The predicted molar refractivity (Wildman–Crippen MR) is 60.6 cm³/mol. The van der Waals surface area contributed by atoms with Gasteiger partial charge in [0.05, 0.1) is 11.7 Å². The third-order valence-electron chi connectivity index (χ3n) is 2.32. The zero-order valence-electron chi connectivity index (χ0n) is 8.27. The van der Waals surface area contributed by atoms with Gasteiger partial charge in [0.25, 0.3) is 0 Å². The Morgan fingerprint density at radius 1 is 1.43 bits per heavy atom. The molecule has 0 radical (unpaired) electrons. The first-order chi connectivity index (χ1) is 6.20. The number of halogens is 1. The summed E-state index contributed by atoms with van der Waals surface area (Å²) in [5.74, 6) is 0. The second-order valence-electron chi connectivity index (χ2n) is 3.34. The standard InChI is InChI=1S/C10H13N3.ClH/c1-7(11)8-4-3-5-10-9(8)6-12-13(10)2;/h3-7H,11H2,1-2H3;1H/t7-;/m0./s1. The molecule has 0 spiro atoms. The summed E-state index contributed by atoms with van der Waals surface area (Å²) in [5.41, 5.74) is 8.14. The molecule has 0 bridgehead atoms. The van der Waals surface area contributed by atoms with Crippen LogP contribution in [0.3, 0.4) is 0 Å². The maximum atomic E-state index is 5.85. The van der Waals surface area contributed by atoms with Gasteiger partial charge in [-0.2, -0.15) is 5.10 Å². The molecule has 4 heteroatoms. The molecule has 2 N–H and O–H groups in total. The van der Waals surface area contributed by atoms with Gasteiger partial charge in [-0.25, -0.2) is 0 Å². The van der Waals surface area contributed by atoms with E-state index in [4.69, 9.17) is 5.73 Å². The molecule has 1 atom stereocenters. The minimum atomic E-state index is 0. The van der Waals surface area contributed by atoms with Gasteiger partial charge in [-0.1, -0.05) is 12.1 Å². The van der Waals surface area contributed by atoms with Crippen LogP contribution in [0.1, 0.15) is 18.5 Å². The molecule has 0 fully saturated rings. The van der Waals surface area contributed by atoms with E-state index < -0.39 is 0 Å². The topological polar surface area (TPSA) is 43.8 Å². The second kappa shape index (κ2) is 3.98.